The molecular formula is C16H16N2O2S. The zero-order valence-corrected chi connectivity index (χ0v) is 12.3. The van der Waals surface area contributed by atoms with Crippen LogP contribution in [0.3, 0.4) is 0 Å². The van der Waals surface area contributed by atoms with Crippen molar-refractivity contribution in [3.05, 3.63) is 52.2 Å². The van der Waals surface area contributed by atoms with Gasteiger partial charge in [0.25, 0.3) is 5.91 Å². The smallest absolute Gasteiger partial charge is 0.253 e. The Labute approximate surface area is 127 Å². The second kappa shape index (κ2) is 6.10. The Morgan fingerprint density at radius 2 is 2.00 bits per heavy atom. The Morgan fingerprint density at radius 3 is 2.71 bits per heavy atom. The van der Waals surface area contributed by atoms with Gasteiger partial charge < -0.3 is 10.6 Å². The molecule has 2 amide bonds. The molecule has 0 saturated heterocycles. The highest BCUT2D eigenvalue weighted by Gasteiger charge is 2.24. The SMILES string of the molecule is O=C(Cc1ccsc1)Nc1ccccc1C(=O)NC1CC1. The molecule has 1 aliphatic carbocycles. The summed E-state index contributed by atoms with van der Waals surface area (Å²) in [6.07, 6.45) is 2.40. The van der Waals surface area contributed by atoms with Crippen LogP contribution >= 0.6 is 11.3 Å². The highest BCUT2D eigenvalue weighted by molar-refractivity contribution is 7.08. The minimum Gasteiger partial charge on any atom is -0.349 e. The molecule has 3 rings (SSSR count). The van der Waals surface area contributed by atoms with E-state index < -0.39 is 0 Å². The highest BCUT2D eigenvalue weighted by atomic mass is 32.1. The Morgan fingerprint density at radius 1 is 1.19 bits per heavy atom. The molecule has 1 saturated carbocycles. The van der Waals surface area contributed by atoms with Gasteiger partial charge in [-0.25, -0.2) is 0 Å². The first-order valence-electron chi connectivity index (χ1n) is 6.93. The lowest BCUT2D eigenvalue weighted by molar-refractivity contribution is -0.115. The molecular weight excluding hydrogens is 284 g/mol. The van der Waals surface area contributed by atoms with Gasteiger partial charge in [-0.2, -0.15) is 11.3 Å². The summed E-state index contributed by atoms with van der Waals surface area (Å²) in [7, 11) is 0. The molecule has 0 unspecified atom stereocenters. The lowest BCUT2D eigenvalue weighted by Crippen LogP contribution is -2.27. The normalized spacial score (nSPS) is 13.7. The Kier molecular flexibility index (Phi) is 4.01. The number of benzene rings is 1. The lowest BCUT2D eigenvalue weighted by atomic mass is 10.1. The third-order valence-electron chi connectivity index (χ3n) is 3.30. The van der Waals surface area contributed by atoms with Gasteiger partial charge >= 0.3 is 0 Å². The zero-order valence-electron chi connectivity index (χ0n) is 11.5. The molecule has 0 radical (unpaired) electrons. The zero-order chi connectivity index (χ0) is 14.7. The molecule has 1 heterocycles. The largest absolute Gasteiger partial charge is 0.349 e. The summed E-state index contributed by atoms with van der Waals surface area (Å²) >= 11 is 1.57. The van der Waals surface area contributed by atoms with Gasteiger partial charge in [0.2, 0.25) is 5.91 Å². The molecule has 0 aliphatic heterocycles. The van der Waals surface area contributed by atoms with Crippen LogP contribution in [0.25, 0.3) is 0 Å². The molecule has 1 aromatic carbocycles. The maximum Gasteiger partial charge on any atom is 0.253 e. The number of nitrogens with one attached hydrogen (secondary N) is 2. The molecule has 0 spiro atoms. The first kappa shape index (κ1) is 13.8. The van der Waals surface area contributed by atoms with E-state index in [1.54, 1.807) is 29.5 Å². The van der Waals surface area contributed by atoms with E-state index in [0.717, 1.165) is 18.4 Å². The Hall–Kier alpha value is -2.14. The van der Waals surface area contributed by atoms with Crippen molar-refractivity contribution in [2.24, 2.45) is 0 Å². The van der Waals surface area contributed by atoms with Gasteiger partial charge in [0.05, 0.1) is 17.7 Å². The van der Waals surface area contributed by atoms with Crippen molar-refractivity contribution in [1.29, 1.82) is 0 Å². The summed E-state index contributed by atoms with van der Waals surface area (Å²) in [5.41, 5.74) is 2.07. The number of thiophene rings is 1. The molecule has 0 bridgehead atoms. The molecule has 4 nitrogen and oxygen atoms in total. The van der Waals surface area contributed by atoms with Gasteiger partial charge in [-0.1, -0.05) is 12.1 Å². The summed E-state index contributed by atoms with van der Waals surface area (Å²) in [5.74, 6) is -0.232. The molecule has 1 fully saturated rings. The minimum absolute atomic E-state index is 0.111. The van der Waals surface area contributed by atoms with E-state index in [-0.39, 0.29) is 11.8 Å². The van der Waals surface area contributed by atoms with Gasteiger partial charge in [-0.15, -0.1) is 0 Å². The topological polar surface area (TPSA) is 58.2 Å². The van der Waals surface area contributed by atoms with Crippen LogP contribution in [-0.2, 0) is 11.2 Å². The fourth-order valence-corrected chi connectivity index (χ4v) is 2.72. The van der Waals surface area contributed by atoms with Crippen LogP contribution in [0.5, 0.6) is 0 Å². The minimum atomic E-state index is -0.121. The van der Waals surface area contributed by atoms with Gasteiger partial charge in [0, 0.05) is 6.04 Å². The third-order valence-corrected chi connectivity index (χ3v) is 4.04. The monoisotopic (exact) mass is 300 g/mol. The number of rotatable bonds is 5. The van der Waals surface area contributed by atoms with Crippen LogP contribution in [0.15, 0.2) is 41.1 Å². The lowest BCUT2D eigenvalue weighted by Gasteiger charge is -2.10. The Bertz CT molecular complexity index is 648. The van der Waals surface area contributed by atoms with Crippen LogP contribution in [-0.4, -0.2) is 17.9 Å². The van der Waals surface area contributed by atoms with E-state index in [1.165, 1.54) is 0 Å². The van der Waals surface area contributed by atoms with E-state index >= 15 is 0 Å². The van der Waals surface area contributed by atoms with Crippen molar-refractivity contribution in [1.82, 2.24) is 5.32 Å². The van der Waals surface area contributed by atoms with E-state index in [1.807, 2.05) is 22.9 Å². The van der Waals surface area contributed by atoms with Gasteiger partial charge in [0.1, 0.15) is 0 Å². The first-order chi connectivity index (χ1) is 10.2. The number of hydrogen-bond donors (Lipinski definition) is 2. The molecule has 21 heavy (non-hydrogen) atoms. The van der Waals surface area contributed by atoms with Crippen molar-refractivity contribution in [3.8, 4) is 0 Å². The number of carbonyl (C=O) groups excluding carboxylic acids is 2. The summed E-state index contributed by atoms with van der Waals surface area (Å²) in [4.78, 5) is 24.2. The number of anilines is 1. The third kappa shape index (κ3) is 3.70. The van der Waals surface area contributed by atoms with E-state index in [9.17, 15) is 9.59 Å². The van der Waals surface area contributed by atoms with Gasteiger partial charge in [-0.05, 0) is 47.4 Å². The maximum atomic E-state index is 12.2. The van der Waals surface area contributed by atoms with Crippen molar-refractivity contribution < 1.29 is 9.59 Å². The standard InChI is InChI=1S/C16H16N2O2S/c19-15(9-11-7-8-21-10-11)18-14-4-2-1-3-13(14)16(20)17-12-5-6-12/h1-4,7-8,10,12H,5-6,9H2,(H,17,20)(H,18,19). The second-order valence-electron chi connectivity index (χ2n) is 5.15. The van der Waals surface area contributed by atoms with Crippen LogP contribution in [0.4, 0.5) is 5.69 Å². The average Bonchev–Trinajstić information content (AvgIpc) is 3.13. The highest BCUT2D eigenvalue weighted by Crippen LogP contribution is 2.21. The summed E-state index contributed by atoms with van der Waals surface area (Å²) < 4.78 is 0. The maximum absolute atomic E-state index is 12.2. The van der Waals surface area contributed by atoms with Crippen molar-refractivity contribution >= 4 is 28.8 Å². The molecule has 2 aromatic rings. The summed E-state index contributed by atoms with van der Waals surface area (Å²) in [5, 5.41) is 9.66. The fourth-order valence-electron chi connectivity index (χ4n) is 2.05. The van der Waals surface area contributed by atoms with Gasteiger partial charge in [-0.3, -0.25) is 9.59 Å². The van der Waals surface area contributed by atoms with Crippen LogP contribution in [0.2, 0.25) is 0 Å². The van der Waals surface area contributed by atoms with Gasteiger partial charge in [0.15, 0.2) is 0 Å². The fraction of sp³-hybridized carbons (Fsp3) is 0.250. The molecule has 1 aromatic heterocycles. The Balaban J connectivity index is 1.69. The molecule has 1 aliphatic rings. The van der Waals surface area contributed by atoms with Crippen LogP contribution < -0.4 is 10.6 Å². The molecule has 5 heteroatoms. The number of carbonyl (C=O) groups is 2. The first-order valence-corrected chi connectivity index (χ1v) is 7.87. The second-order valence-corrected chi connectivity index (χ2v) is 5.93. The number of hydrogen-bond acceptors (Lipinski definition) is 3. The predicted molar refractivity (Wildman–Crippen MR) is 83.6 cm³/mol. The summed E-state index contributed by atoms with van der Waals surface area (Å²) in [6, 6.07) is 9.33. The van der Waals surface area contributed by atoms with E-state index in [2.05, 4.69) is 10.6 Å². The van der Waals surface area contributed by atoms with E-state index in [4.69, 9.17) is 0 Å². The van der Waals surface area contributed by atoms with E-state index in [0.29, 0.717) is 23.7 Å². The number of para-hydroxylation sites is 1. The summed E-state index contributed by atoms with van der Waals surface area (Å²) in [6.45, 7) is 0. The van der Waals surface area contributed by atoms with Crippen molar-refractivity contribution in [3.63, 3.8) is 0 Å². The number of amides is 2. The van der Waals surface area contributed by atoms with Crippen molar-refractivity contribution in [2.75, 3.05) is 5.32 Å². The average molecular weight is 300 g/mol. The quantitative estimate of drug-likeness (QED) is 0.892. The molecule has 108 valence electrons. The van der Waals surface area contributed by atoms with Crippen LogP contribution in [0, 0.1) is 0 Å². The van der Waals surface area contributed by atoms with Crippen LogP contribution in [0.1, 0.15) is 28.8 Å². The van der Waals surface area contributed by atoms with Crippen molar-refractivity contribution in [2.45, 2.75) is 25.3 Å². The predicted octanol–water partition coefficient (Wildman–Crippen LogP) is 2.82. The molecule has 0 atom stereocenters. The molecule has 2 N–H and O–H groups in total.